The molecule has 2 N–H and O–H groups in total. The third-order valence-electron chi connectivity index (χ3n) is 10.5. The molecule has 1 aromatic heterocycles. The van der Waals surface area contributed by atoms with Crippen LogP contribution in [0.1, 0.15) is 56.2 Å². The number of halogens is 6. The highest BCUT2D eigenvalue weighted by Gasteiger charge is 2.71. The number of nitrogens with zero attached hydrogens (tertiary/aromatic N) is 3. The average molecular weight is 762 g/mol. The van der Waals surface area contributed by atoms with Crippen molar-refractivity contribution in [2.24, 2.45) is 23.7 Å². The first-order valence-corrected chi connectivity index (χ1v) is 17.2. The highest BCUT2D eigenvalue weighted by atomic mass is 35.5. The maximum atomic E-state index is 15.2. The van der Waals surface area contributed by atoms with Crippen LogP contribution in [0.15, 0.2) is 66.4 Å². The van der Waals surface area contributed by atoms with Gasteiger partial charge in [-0.2, -0.15) is 18.2 Å². The molecule has 1 saturated carbocycles. The summed E-state index contributed by atoms with van der Waals surface area (Å²) in [5, 5.41) is 11.0. The number of carbonyl (C=O) groups excluding carboxylic acids is 4. The number of likely N-dealkylation sites (tertiary alicyclic amines) is 1. The number of fused-ring (bicyclic) bond motifs is 4. The molecule has 3 aromatic rings. The summed E-state index contributed by atoms with van der Waals surface area (Å²) < 4.78 is 40.2. The van der Waals surface area contributed by atoms with Gasteiger partial charge in [0, 0.05) is 27.7 Å². The van der Waals surface area contributed by atoms with Gasteiger partial charge in [0.15, 0.2) is 5.82 Å². The minimum Gasteiger partial charge on any atom is -0.508 e. The molecule has 0 spiro atoms. The second-order valence-corrected chi connectivity index (χ2v) is 15.6. The van der Waals surface area contributed by atoms with E-state index < -0.39 is 69.1 Å². The summed E-state index contributed by atoms with van der Waals surface area (Å²) in [6, 6.07) is 11.3. The Labute approximate surface area is 305 Å². The molecule has 0 radical (unpaired) electrons. The first-order chi connectivity index (χ1) is 23.9. The zero-order valence-electron chi connectivity index (χ0n) is 27.3. The molecule has 51 heavy (non-hydrogen) atoms. The lowest BCUT2D eigenvalue weighted by atomic mass is 9.49. The van der Waals surface area contributed by atoms with E-state index in [4.69, 9.17) is 34.8 Å². The first-order valence-electron chi connectivity index (χ1n) is 16.1. The number of phenolic OH excluding ortho intramolecular Hbond substituents is 1. The number of nitrogens with one attached hydrogen (secondary N) is 1. The van der Waals surface area contributed by atoms with Crippen molar-refractivity contribution in [1.29, 1.82) is 0 Å². The van der Waals surface area contributed by atoms with Crippen molar-refractivity contribution >= 4 is 64.2 Å². The van der Waals surface area contributed by atoms with Gasteiger partial charge in [-0.3, -0.25) is 29.5 Å². The SMILES string of the molecule is CC(C)(C)N1C(=O)[C@H]2[C@H](CC=C3[C@H]2C[C@H]2C(=O)N(Nc4ncc(C(F)(F)F)cc4Cl)C(=O)[C@@]2(c2ccc(Cl)cc2)[C@H]3c2ccc(O)cc2Cl)C1=O. The molecule has 4 aliphatic rings. The number of phenols is 1. The van der Waals surface area contributed by atoms with Crippen molar-refractivity contribution in [2.75, 3.05) is 5.43 Å². The Bertz CT molecular complexity index is 2050. The van der Waals surface area contributed by atoms with Crippen LogP contribution in [-0.2, 0) is 30.8 Å². The predicted octanol–water partition coefficient (Wildman–Crippen LogP) is 7.55. The van der Waals surface area contributed by atoms with E-state index in [-0.39, 0.29) is 41.2 Å². The molecule has 4 amide bonds. The minimum atomic E-state index is -4.75. The molecule has 2 aromatic carbocycles. The molecule has 15 heteroatoms. The van der Waals surface area contributed by atoms with Gasteiger partial charge in [0.1, 0.15) is 5.75 Å². The van der Waals surface area contributed by atoms with Crippen molar-refractivity contribution in [3.8, 4) is 5.75 Å². The first kappa shape index (κ1) is 35.3. The van der Waals surface area contributed by atoms with Crippen LogP contribution >= 0.6 is 34.8 Å². The quantitative estimate of drug-likeness (QED) is 0.208. The van der Waals surface area contributed by atoms with E-state index in [1.807, 2.05) is 6.08 Å². The largest absolute Gasteiger partial charge is 0.508 e. The van der Waals surface area contributed by atoms with Gasteiger partial charge in [-0.25, -0.2) is 4.98 Å². The maximum absolute atomic E-state index is 15.2. The molecule has 0 unspecified atom stereocenters. The van der Waals surface area contributed by atoms with Gasteiger partial charge < -0.3 is 5.11 Å². The summed E-state index contributed by atoms with van der Waals surface area (Å²) in [7, 11) is 0. The number of amides is 4. The summed E-state index contributed by atoms with van der Waals surface area (Å²) >= 11 is 19.4. The van der Waals surface area contributed by atoms with Crippen molar-refractivity contribution in [2.45, 2.75) is 56.7 Å². The van der Waals surface area contributed by atoms with Gasteiger partial charge in [-0.1, -0.05) is 64.7 Å². The topological polar surface area (TPSA) is 120 Å². The van der Waals surface area contributed by atoms with Crippen LogP contribution in [0.2, 0.25) is 15.1 Å². The molecule has 2 saturated heterocycles. The molecule has 2 aliphatic heterocycles. The number of benzene rings is 2. The van der Waals surface area contributed by atoms with Gasteiger partial charge in [0.2, 0.25) is 11.8 Å². The van der Waals surface area contributed by atoms with E-state index in [9.17, 15) is 32.7 Å². The summed E-state index contributed by atoms with van der Waals surface area (Å²) in [4.78, 5) is 62.9. The predicted molar refractivity (Wildman–Crippen MR) is 182 cm³/mol. The number of aromatic hydroxyl groups is 1. The average Bonchev–Trinajstić information content (AvgIpc) is 3.43. The van der Waals surface area contributed by atoms with E-state index in [2.05, 4.69) is 10.4 Å². The Balaban J connectivity index is 1.45. The minimum absolute atomic E-state index is 0.0320. The Kier molecular flexibility index (Phi) is 8.27. The molecular weight excluding hydrogens is 732 g/mol. The standard InChI is InChI=1S/C36H30Cl3F3N4O5/c1-34(2,3)45-30(48)22-11-10-20-23(27(22)32(45)50)14-24-31(49)46(44-29-26(39)12-17(15-43-29)36(40,41)42)33(51)35(24,16-4-6-18(37)7-5-16)28(20)21-9-8-19(47)13-25(21)38/h4-10,12-13,15,22-24,27-28,47H,11,14H2,1-3H3,(H,43,44)/t22-,23+,24-,27-,28+,35+/m0/s1. The van der Waals surface area contributed by atoms with Crippen molar-refractivity contribution in [3.63, 3.8) is 0 Å². The molecule has 0 bridgehead atoms. The number of rotatable bonds is 4. The van der Waals surface area contributed by atoms with E-state index in [0.717, 1.165) is 0 Å². The normalized spacial score (nSPS) is 27.7. The lowest BCUT2D eigenvalue weighted by Crippen LogP contribution is -2.53. The van der Waals surface area contributed by atoms with Crippen LogP contribution in [0.5, 0.6) is 5.75 Å². The Morgan fingerprint density at radius 2 is 1.59 bits per heavy atom. The summed E-state index contributed by atoms with van der Waals surface area (Å²) in [6.45, 7) is 5.30. The monoisotopic (exact) mass is 760 g/mol. The molecule has 266 valence electrons. The Morgan fingerprint density at radius 1 is 0.902 bits per heavy atom. The Morgan fingerprint density at radius 3 is 2.20 bits per heavy atom. The summed E-state index contributed by atoms with van der Waals surface area (Å²) in [5.74, 6) is -7.16. The molecular formula is C36H30Cl3F3N4O5. The third kappa shape index (κ3) is 5.32. The second kappa shape index (κ2) is 12.0. The van der Waals surface area contributed by atoms with E-state index in [1.54, 1.807) is 51.1 Å². The highest BCUT2D eigenvalue weighted by molar-refractivity contribution is 6.33. The fraction of sp³-hybridized carbons (Fsp3) is 0.361. The van der Waals surface area contributed by atoms with Crippen molar-refractivity contribution in [3.05, 3.63) is 98.1 Å². The lowest BCUT2D eigenvalue weighted by Gasteiger charge is -2.50. The van der Waals surface area contributed by atoms with Crippen molar-refractivity contribution < 1.29 is 37.5 Å². The molecule has 3 fully saturated rings. The van der Waals surface area contributed by atoms with Crippen LogP contribution < -0.4 is 5.43 Å². The Hall–Kier alpha value is -4.13. The van der Waals surface area contributed by atoms with Gasteiger partial charge >= 0.3 is 6.18 Å². The molecule has 2 aliphatic carbocycles. The second-order valence-electron chi connectivity index (χ2n) is 14.3. The number of aromatic nitrogens is 1. The molecule has 3 heterocycles. The van der Waals surface area contributed by atoms with E-state index in [1.165, 1.54) is 17.0 Å². The van der Waals surface area contributed by atoms with Gasteiger partial charge in [-0.05, 0) is 81.0 Å². The summed E-state index contributed by atoms with van der Waals surface area (Å²) in [6.07, 6.45) is -2.20. The van der Waals surface area contributed by atoms with Gasteiger partial charge in [0.25, 0.3) is 11.8 Å². The van der Waals surface area contributed by atoms with Gasteiger partial charge in [-0.15, -0.1) is 0 Å². The zero-order chi connectivity index (χ0) is 36.9. The van der Waals surface area contributed by atoms with Crippen LogP contribution in [0.3, 0.4) is 0 Å². The lowest BCUT2D eigenvalue weighted by molar-refractivity contribution is -0.146. The fourth-order valence-electron chi connectivity index (χ4n) is 8.54. The smallest absolute Gasteiger partial charge is 0.417 e. The summed E-state index contributed by atoms with van der Waals surface area (Å²) in [5.41, 5.74) is 0.277. The van der Waals surface area contributed by atoms with E-state index in [0.29, 0.717) is 39.0 Å². The highest BCUT2D eigenvalue weighted by Crippen LogP contribution is 2.65. The number of hydrazine groups is 1. The van der Waals surface area contributed by atoms with E-state index >= 15 is 4.79 Å². The number of imide groups is 2. The number of anilines is 1. The third-order valence-corrected chi connectivity index (χ3v) is 11.4. The zero-order valence-corrected chi connectivity index (χ0v) is 29.5. The number of hydrogen-bond acceptors (Lipinski definition) is 7. The fourth-order valence-corrected chi connectivity index (χ4v) is 9.16. The van der Waals surface area contributed by atoms with Crippen LogP contribution in [0, 0.1) is 23.7 Å². The van der Waals surface area contributed by atoms with Gasteiger partial charge in [0.05, 0.1) is 33.8 Å². The number of allylic oxidation sites excluding steroid dienone is 2. The molecule has 7 rings (SSSR count). The number of pyridine rings is 1. The van der Waals surface area contributed by atoms with Crippen molar-refractivity contribution in [1.82, 2.24) is 14.9 Å². The number of hydrogen-bond donors (Lipinski definition) is 2. The van der Waals surface area contributed by atoms with Crippen LogP contribution in [0.25, 0.3) is 0 Å². The number of alkyl halides is 3. The molecule has 9 nitrogen and oxygen atoms in total. The van der Waals surface area contributed by atoms with Crippen LogP contribution in [0.4, 0.5) is 19.0 Å². The maximum Gasteiger partial charge on any atom is 0.417 e. The molecule has 6 atom stereocenters. The number of carbonyl (C=O) groups is 4. The van der Waals surface area contributed by atoms with Crippen LogP contribution in [-0.4, -0.2) is 49.2 Å².